The second kappa shape index (κ2) is 6.79. The van der Waals surface area contributed by atoms with Gasteiger partial charge in [-0.1, -0.05) is 33.8 Å². The van der Waals surface area contributed by atoms with Crippen molar-refractivity contribution in [2.24, 2.45) is 16.9 Å². The first kappa shape index (κ1) is 15.8. The molecule has 1 aromatic carbocycles. The standard InChI is InChI=1S/C14H19N3O3/c1-9(2)13(10(3)4)15-16-14(18)11-6-5-7-12(8-11)17(19)20/h5-10H,1-4H3,(H,16,18). The highest BCUT2D eigenvalue weighted by Crippen LogP contribution is 2.13. The Labute approximate surface area is 118 Å². The predicted molar refractivity (Wildman–Crippen MR) is 77.7 cm³/mol. The molecule has 0 saturated carbocycles. The first-order chi connectivity index (χ1) is 9.32. The first-order valence-corrected chi connectivity index (χ1v) is 6.45. The summed E-state index contributed by atoms with van der Waals surface area (Å²) in [6, 6.07) is 5.56. The van der Waals surface area contributed by atoms with Gasteiger partial charge in [-0.2, -0.15) is 5.10 Å². The molecule has 0 fully saturated rings. The largest absolute Gasteiger partial charge is 0.271 e. The molecule has 20 heavy (non-hydrogen) atoms. The third-order valence-corrected chi connectivity index (χ3v) is 2.79. The normalized spacial score (nSPS) is 10.5. The van der Waals surface area contributed by atoms with E-state index < -0.39 is 10.8 Å². The fraction of sp³-hybridized carbons (Fsp3) is 0.429. The number of nitro groups is 1. The lowest BCUT2D eigenvalue weighted by atomic mass is 9.98. The van der Waals surface area contributed by atoms with Crippen LogP contribution >= 0.6 is 0 Å². The van der Waals surface area contributed by atoms with Gasteiger partial charge in [0.2, 0.25) is 0 Å². The van der Waals surface area contributed by atoms with Gasteiger partial charge in [-0.15, -0.1) is 0 Å². The summed E-state index contributed by atoms with van der Waals surface area (Å²) in [6.07, 6.45) is 0. The van der Waals surface area contributed by atoms with Gasteiger partial charge in [-0.25, -0.2) is 5.43 Å². The number of carbonyl (C=O) groups is 1. The van der Waals surface area contributed by atoms with Crippen LogP contribution < -0.4 is 5.43 Å². The molecule has 0 saturated heterocycles. The lowest BCUT2D eigenvalue weighted by Gasteiger charge is -2.13. The highest BCUT2D eigenvalue weighted by Gasteiger charge is 2.13. The Bertz CT molecular complexity index is 526. The molecule has 0 bridgehead atoms. The number of nitro benzene ring substituents is 1. The number of carbonyl (C=O) groups excluding carboxylic acids is 1. The van der Waals surface area contributed by atoms with E-state index in [4.69, 9.17) is 0 Å². The van der Waals surface area contributed by atoms with Crippen LogP contribution in [0.2, 0.25) is 0 Å². The number of rotatable bonds is 5. The summed E-state index contributed by atoms with van der Waals surface area (Å²) < 4.78 is 0. The molecule has 0 aliphatic heterocycles. The summed E-state index contributed by atoms with van der Waals surface area (Å²) in [5, 5.41) is 14.8. The average molecular weight is 277 g/mol. The summed E-state index contributed by atoms with van der Waals surface area (Å²) in [4.78, 5) is 22.1. The summed E-state index contributed by atoms with van der Waals surface area (Å²) in [7, 11) is 0. The number of amides is 1. The summed E-state index contributed by atoms with van der Waals surface area (Å²) >= 11 is 0. The second-order valence-corrected chi connectivity index (χ2v) is 5.09. The quantitative estimate of drug-likeness (QED) is 0.510. The summed E-state index contributed by atoms with van der Waals surface area (Å²) in [6.45, 7) is 7.99. The number of nitrogens with one attached hydrogen (secondary N) is 1. The number of hydrazone groups is 1. The van der Waals surface area contributed by atoms with Crippen LogP contribution in [0, 0.1) is 22.0 Å². The lowest BCUT2D eigenvalue weighted by molar-refractivity contribution is -0.384. The van der Waals surface area contributed by atoms with Crippen molar-refractivity contribution in [3.05, 3.63) is 39.9 Å². The molecule has 0 heterocycles. The Morgan fingerprint density at radius 3 is 2.35 bits per heavy atom. The maximum absolute atomic E-state index is 11.9. The zero-order chi connectivity index (χ0) is 15.3. The van der Waals surface area contributed by atoms with Gasteiger partial charge in [0.05, 0.1) is 4.92 Å². The molecule has 0 unspecified atom stereocenters. The molecule has 0 aliphatic carbocycles. The maximum atomic E-state index is 11.9. The van der Waals surface area contributed by atoms with E-state index in [2.05, 4.69) is 10.5 Å². The van der Waals surface area contributed by atoms with Crippen LogP contribution in [-0.2, 0) is 0 Å². The fourth-order valence-electron chi connectivity index (χ4n) is 1.87. The minimum atomic E-state index is -0.534. The predicted octanol–water partition coefficient (Wildman–Crippen LogP) is 2.99. The van der Waals surface area contributed by atoms with Crippen molar-refractivity contribution in [1.82, 2.24) is 5.43 Å². The molecule has 108 valence electrons. The summed E-state index contributed by atoms with van der Waals surface area (Å²) in [5.74, 6) is -0.00619. The zero-order valence-electron chi connectivity index (χ0n) is 12.1. The van der Waals surface area contributed by atoms with Crippen LogP contribution in [0.3, 0.4) is 0 Å². The minimum absolute atomic E-state index is 0.116. The van der Waals surface area contributed by atoms with Crippen molar-refractivity contribution >= 4 is 17.3 Å². The summed E-state index contributed by atoms with van der Waals surface area (Å²) in [5.41, 5.74) is 3.43. The van der Waals surface area contributed by atoms with E-state index in [0.29, 0.717) is 0 Å². The maximum Gasteiger partial charge on any atom is 0.271 e. The molecular formula is C14H19N3O3. The smallest absolute Gasteiger partial charge is 0.267 e. The number of hydrogen-bond acceptors (Lipinski definition) is 4. The molecule has 6 nitrogen and oxygen atoms in total. The molecule has 0 spiro atoms. The van der Waals surface area contributed by atoms with E-state index in [1.54, 1.807) is 0 Å². The van der Waals surface area contributed by atoms with E-state index >= 15 is 0 Å². The van der Waals surface area contributed by atoms with Gasteiger partial charge < -0.3 is 0 Å². The van der Waals surface area contributed by atoms with Crippen molar-refractivity contribution in [2.45, 2.75) is 27.7 Å². The van der Waals surface area contributed by atoms with Crippen LogP contribution in [-0.4, -0.2) is 16.5 Å². The van der Waals surface area contributed by atoms with E-state index in [1.165, 1.54) is 24.3 Å². The number of nitrogens with zero attached hydrogens (tertiary/aromatic N) is 2. The highest BCUT2D eigenvalue weighted by molar-refractivity contribution is 5.96. The van der Waals surface area contributed by atoms with Crippen LogP contribution in [0.15, 0.2) is 29.4 Å². The van der Waals surface area contributed by atoms with E-state index in [9.17, 15) is 14.9 Å². The SMILES string of the molecule is CC(C)C(=NNC(=O)c1cccc([N+](=O)[O-])c1)C(C)C. The average Bonchev–Trinajstić information content (AvgIpc) is 2.38. The molecule has 1 aromatic rings. The lowest BCUT2D eigenvalue weighted by Crippen LogP contribution is -2.24. The molecular weight excluding hydrogens is 258 g/mol. The Hall–Kier alpha value is -2.24. The molecule has 0 aromatic heterocycles. The van der Waals surface area contributed by atoms with Crippen LogP contribution in [0.5, 0.6) is 0 Å². The minimum Gasteiger partial charge on any atom is -0.267 e. The second-order valence-electron chi connectivity index (χ2n) is 5.09. The Balaban J connectivity index is 2.89. The molecule has 0 atom stereocenters. The third-order valence-electron chi connectivity index (χ3n) is 2.79. The Morgan fingerprint density at radius 1 is 1.25 bits per heavy atom. The molecule has 1 N–H and O–H groups in total. The number of non-ortho nitro benzene ring substituents is 1. The molecule has 1 amide bonds. The third kappa shape index (κ3) is 4.15. The first-order valence-electron chi connectivity index (χ1n) is 6.45. The number of benzene rings is 1. The topological polar surface area (TPSA) is 84.6 Å². The zero-order valence-corrected chi connectivity index (χ0v) is 12.1. The van der Waals surface area contributed by atoms with Gasteiger partial charge in [-0.05, 0) is 17.9 Å². The molecule has 0 radical (unpaired) electrons. The van der Waals surface area contributed by atoms with Gasteiger partial charge >= 0.3 is 0 Å². The van der Waals surface area contributed by atoms with Crippen LogP contribution in [0.25, 0.3) is 0 Å². The van der Waals surface area contributed by atoms with E-state index in [-0.39, 0.29) is 23.1 Å². The van der Waals surface area contributed by atoms with Gasteiger partial charge in [0.25, 0.3) is 11.6 Å². The Morgan fingerprint density at radius 2 is 1.85 bits per heavy atom. The van der Waals surface area contributed by atoms with Crippen LogP contribution in [0.4, 0.5) is 5.69 Å². The molecule has 0 aliphatic rings. The highest BCUT2D eigenvalue weighted by atomic mass is 16.6. The van der Waals surface area contributed by atoms with E-state index in [1.807, 2.05) is 27.7 Å². The van der Waals surface area contributed by atoms with Gasteiger partial charge in [0.15, 0.2) is 0 Å². The molecule has 6 heteroatoms. The van der Waals surface area contributed by atoms with E-state index in [0.717, 1.165) is 5.71 Å². The Kier molecular flexibility index (Phi) is 5.37. The van der Waals surface area contributed by atoms with Gasteiger partial charge in [0.1, 0.15) is 0 Å². The van der Waals surface area contributed by atoms with Crippen LogP contribution in [0.1, 0.15) is 38.1 Å². The van der Waals surface area contributed by atoms with Crippen molar-refractivity contribution in [3.63, 3.8) is 0 Å². The van der Waals surface area contributed by atoms with Crippen molar-refractivity contribution in [3.8, 4) is 0 Å². The van der Waals surface area contributed by atoms with Gasteiger partial charge in [-0.3, -0.25) is 14.9 Å². The van der Waals surface area contributed by atoms with Gasteiger partial charge in [0, 0.05) is 23.4 Å². The van der Waals surface area contributed by atoms with Crippen molar-refractivity contribution in [1.29, 1.82) is 0 Å². The number of hydrogen-bond donors (Lipinski definition) is 1. The fourth-order valence-corrected chi connectivity index (χ4v) is 1.87. The molecule has 1 rings (SSSR count). The van der Waals surface area contributed by atoms with Crippen molar-refractivity contribution < 1.29 is 9.72 Å². The monoisotopic (exact) mass is 277 g/mol. The van der Waals surface area contributed by atoms with Crippen molar-refractivity contribution in [2.75, 3.05) is 0 Å².